The molecule has 0 aliphatic carbocycles. The number of carbonyl (C=O) groups is 1. The summed E-state index contributed by atoms with van der Waals surface area (Å²) in [5.74, 6) is 0.938. The van der Waals surface area contributed by atoms with Crippen LogP contribution in [0.5, 0.6) is 0 Å². The van der Waals surface area contributed by atoms with Gasteiger partial charge in [-0.05, 0) is 18.8 Å². The molecule has 0 spiro atoms. The highest BCUT2D eigenvalue weighted by atomic mass is 16.5. The molecule has 0 aliphatic heterocycles. The topological polar surface area (TPSA) is 26.3 Å². The molecule has 0 N–H and O–H groups in total. The lowest BCUT2D eigenvalue weighted by Crippen LogP contribution is -2.05. The molecular formula is C33H66O2. The van der Waals surface area contributed by atoms with Gasteiger partial charge in [-0.2, -0.15) is 0 Å². The lowest BCUT2D eigenvalue weighted by molar-refractivity contribution is -0.143. The molecule has 0 rings (SSSR count). The molecule has 0 saturated carbocycles. The average molecular weight is 495 g/mol. The number of carbonyl (C=O) groups excluding carboxylic acids is 1. The van der Waals surface area contributed by atoms with E-state index in [0.29, 0.717) is 13.0 Å². The van der Waals surface area contributed by atoms with E-state index in [9.17, 15) is 4.79 Å². The van der Waals surface area contributed by atoms with E-state index in [4.69, 9.17) is 4.74 Å². The van der Waals surface area contributed by atoms with Gasteiger partial charge < -0.3 is 4.74 Å². The SMILES string of the molecule is CCCCCCCCCCCCCCCCOC(=O)CCCCCCCCCCCCC(C)CC. The Kier molecular flexibility index (Phi) is 29.2. The van der Waals surface area contributed by atoms with Crippen molar-refractivity contribution in [2.24, 2.45) is 5.92 Å². The highest BCUT2D eigenvalue weighted by molar-refractivity contribution is 5.69. The molecule has 0 fully saturated rings. The van der Waals surface area contributed by atoms with Crippen molar-refractivity contribution in [1.82, 2.24) is 0 Å². The van der Waals surface area contributed by atoms with Crippen LogP contribution in [0.1, 0.15) is 194 Å². The minimum absolute atomic E-state index is 0.0251. The van der Waals surface area contributed by atoms with Crippen LogP contribution in [0.25, 0.3) is 0 Å². The van der Waals surface area contributed by atoms with Crippen molar-refractivity contribution in [3.63, 3.8) is 0 Å². The Morgan fingerprint density at radius 2 is 0.886 bits per heavy atom. The van der Waals surface area contributed by atoms with Crippen LogP contribution in [0, 0.1) is 5.92 Å². The summed E-state index contributed by atoms with van der Waals surface area (Å²) in [6.45, 7) is 7.60. The standard InChI is InChI=1S/C33H66O2/c1-4-6-7-8-9-10-11-12-13-16-19-22-25-28-31-35-33(34)30-27-24-21-18-15-14-17-20-23-26-29-32(3)5-2/h32H,4-31H2,1-3H3. The third-order valence-corrected chi connectivity index (χ3v) is 7.79. The van der Waals surface area contributed by atoms with Gasteiger partial charge in [0.05, 0.1) is 6.61 Å². The summed E-state index contributed by atoms with van der Waals surface area (Å²) in [7, 11) is 0. The Bertz CT molecular complexity index is 406. The minimum Gasteiger partial charge on any atom is -0.466 e. The lowest BCUT2D eigenvalue weighted by Gasteiger charge is -2.07. The van der Waals surface area contributed by atoms with Gasteiger partial charge in [0, 0.05) is 6.42 Å². The first-order valence-electron chi connectivity index (χ1n) is 16.4. The zero-order valence-corrected chi connectivity index (χ0v) is 24.7. The van der Waals surface area contributed by atoms with Crippen molar-refractivity contribution in [1.29, 1.82) is 0 Å². The average Bonchev–Trinajstić information content (AvgIpc) is 2.86. The Balaban J connectivity index is 3.16. The van der Waals surface area contributed by atoms with Crippen LogP contribution in [0.3, 0.4) is 0 Å². The molecule has 0 aromatic heterocycles. The van der Waals surface area contributed by atoms with Crippen LogP contribution in [0.15, 0.2) is 0 Å². The molecule has 1 atom stereocenters. The van der Waals surface area contributed by atoms with Crippen molar-refractivity contribution in [2.75, 3.05) is 6.61 Å². The Morgan fingerprint density at radius 1 is 0.514 bits per heavy atom. The maximum Gasteiger partial charge on any atom is 0.305 e. The van der Waals surface area contributed by atoms with Gasteiger partial charge in [0.2, 0.25) is 0 Å². The largest absolute Gasteiger partial charge is 0.466 e. The van der Waals surface area contributed by atoms with Crippen LogP contribution >= 0.6 is 0 Å². The van der Waals surface area contributed by atoms with Crippen LogP contribution in [-0.4, -0.2) is 12.6 Å². The summed E-state index contributed by atoms with van der Waals surface area (Å²) in [5.41, 5.74) is 0. The summed E-state index contributed by atoms with van der Waals surface area (Å²) >= 11 is 0. The van der Waals surface area contributed by atoms with Gasteiger partial charge in [0.15, 0.2) is 0 Å². The van der Waals surface area contributed by atoms with Gasteiger partial charge in [-0.15, -0.1) is 0 Å². The van der Waals surface area contributed by atoms with Crippen LogP contribution in [0.4, 0.5) is 0 Å². The molecule has 0 radical (unpaired) electrons. The van der Waals surface area contributed by atoms with Crippen molar-refractivity contribution in [2.45, 2.75) is 194 Å². The zero-order chi connectivity index (χ0) is 25.7. The van der Waals surface area contributed by atoms with E-state index in [1.165, 1.54) is 154 Å². The number of esters is 1. The third-order valence-electron chi connectivity index (χ3n) is 7.79. The maximum atomic E-state index is 11.9. The van der Waals surface area contributed by atoms with Crippen LogP contribution < -0.4 is 0 Å². The van der Waals surface area contributed by atoms with Gasteiger partial charge in [0.25, 0.3) is 0 Å². The Labute approximate surface area is 222 Å². The number of ether oxygens (including phenoxy) is 1. The van der Waals surface area contributed by atoms with Gasteiger partial charge in [-0.1, -0.05) is 175 Å². The van der Waals surface area contributed by atoms with Crippen molar-refractivity contribution in [3.05, 3.63) is 0 Å². The van der Waals surface area contributed by atoms with Crippen LogP contribution in [-0.2, 0) is 9.53 Å². The summed E-state index contributed by atoms with van der Waals surface area (Å²) in [6.07, 6.45) is 35.7. The predicted octanol–water partition coefficient (Wildman–Crippen LogP) is 11.7. The smallest absolute Gasteiger partial charge is 0.305 e. The Morgan fingerprint density at radius 3 is 1.31 bits per heavy atom. The van der Waals surface area contributed by atoms with E-state index < -0.39 is 0 Å². The second-order valence-corrected chi connectivity index (χ2v) is 11.4. The third kappa shape index (κ3) is 29.6. The van der Waals surface area contributed by atoms with E-state index in [-0.39, 0.29) is 5.97 Å². The van der Waals surface area contributed by atoms with Crippen molar-refractivity contribution >= 4 is 5.97 Å². The maximum absolute atomic E-state index is 11.9. The molecule has 1 unspecified atom stereocenters. The van der Waals surface area contributed by atoms with E-state index in [1.807, 2.05) is 0 Å². The molecule has 210 valence electrons. The summed E-state index contributed by atoms with van der Waals surface area (Å²) in [5, 5.41) is 0. The molecule has 0 aliphatic rings. The molecule has 0 bridgehead atoms. The van der Waals surface area contributed by atoms with E-state index in [2.05, 4.69) is 20.8 Å². The quantitative estimate of drug-likeness (QED) is 0.0763. The summed E-state index contributed by atoms with van der Waals surface area (Å²) in [4.78, 5) is 11.9. The van der Waals surface area contributed by atoms with Gasteiger partial charge in [0.1, 0.15) is 0 Å². The molecule has 2 nitrogen and oxygen atoms in total. The molecular weight excluding hydrogens is 428 g/mol. The molecule has 0 amide bonds. The van der Waals surface area contributed by atoms with E-state index in [1.54, 1.807) is 0 Å². The number of unbranched alkanes of at least 4 members (excludes halogenated alkanes) is 22. The molecule has 0 heterocycles. The fraction of sp³-hybridized carbons (Fsp3) is 0.970. The van der Waals surface area contributed by atoms with Crippen LogP contribution in [0.2, 0.25) is 0 Å². The van der Waals surface area contributed by atoms with Crippen molar-refractivity contribution in [3.8, 4) is 0 Å². The first-order valence-corrected chi connectivity index (χ1v) is 16.4. The molecule has 0 aromatic carbocycles. The summed E-state index contributed by atoms with van der Waals surface area (Å²) < 4.78 is 5.42. The predicted molar refractivity (Wildman–Crippen MR) is 156 cm³/mol. The number of hydrogen-bond donors (Lipinski definition) is 0. The Hall–Kier alpha value is -0.530. The summed E-state index contributed by atoms with van der Waals surface area (Å²) in [6, 6.07) is 0. The lowest BCUT2D eigenvalue weighted by atomic mass is 9.99. The molecule has 0 aromatic rings. The monoisotopic (exact) mass is 495 g/mol. The second kappa shape index (κ2) is 29.7. The van der Waals surface area contributed by atoms with Gasteiger partial charge in [-0.3, -0.25) is 4.79 Å². The second-order valence-electron chi connectivity index (χ2n) is 11.4. The minimum atomic E-state index is 0.0251. The highest BCUT2D eigenvalue weighted by Crippen LogP contribution is 2.16. The highest BCUT2D eigenvalue weighted by Gasteiger charge is 2.03. The normalized spacial score (nSPS) is 12.2. The molecule has 0 saturated heterocycles. The first kappa shape index (κ1) is 34.5. The fourth-order valence-corrected chi connectivity index (χ4v) is 4.94. The molecule has 35 heavy (non-hydrogen) atoms. The van der Waals surface area contributed by atoms with E-state index >= 15 is 0 Å². The molecule has 2 heteroatoms. The van der Waals surface area contributed by atoms with Gasteiger partial charge >= 0.3 is 5.97 Å². The number of rotatable bonds is 29. The fourth-order valence-electron chi connectivity index (χ4n) is 4.94. The zero-order valence-electron chi connectivity index (χ0n) is 24.7. The number of hydrogen-bond acceptors (Lipinski definition) is 2. The van der Waals surface area contributed by atoms with Gasteiger partial charge in [-0.25, -0.2) is 0 Å². The van der Waals surface area contributed by atoms with E-state index in [0.717, 1.165) is 18.8 Å². The first-order chi connectivity index (χ1) is 17.2. The van der Waals surface area contributed by atoms with Crippen molar-refractivity contribution < 1.29 is 9.53 Å².